The van der Waals surface area contributed by atoms with Gasteiger partial charge in [-0.25, -0.2) is 9.69 Å². The molecule has 2 N–H and O–H groups in total. The molecule has 0 radical (unpaired) electrons. The van der Waals surface area contributed by atoms with Crippen molar-refractivity contribution in [2.24, 2.45) is 0 Å². The minimum absolute atomic E-state index is 0.0562. The highest BCUT2D eigenvalue weighted by atomic mass is 16.4. The van der Waals surface area contributed by atoms with Crippen LogP contribution in [0.3, 0.4) is 0 Å². The molecule has 1 heterocycles. The van der Waals surface area contributed by atoms with E-state index in [-0.39, 0.29) is 22.6 Å². The second-order valence-corrected chi connectivity index (χ2v) is 8.69. The van der Waals surface area contributed by atoms with Crippen LogP contribution in [0.4, 0.5) is 11.4 Å². The molecule has 1 aliphatic rings. The summed E-state index contributed by atoms with van der Waals surface area (Å²) < 4.78 is 0. The molecule has 0 spiro atoms. The average molecular weight is 465 g/mol. The molecule has 34 heavy (non-hydrogen) atoms. The molecule has 2 aromatic carbocycles. The third kappa shape index (κ3) is 6.31. The van der Waals surface area contributed by atoms with Crippen LogP contribution >= 0.6 is 0 Å². The van der Waals surface area contributed by atoms with Gasteiger partial charge in [0.15, 0.2) is 0 Å². The lowest BCUT2D eigenvalue weighted by molar-refractivity contribution is -0.116. The lowest BCUT2D eigenvalue weighted by atomic mass is 10.1. The Hall–Kier alpha value is -3.48. The van der Waals surface area contributed by atoms with Crippen molar-refractivity contribution < 1.29 is 24.3 Å². The first-order valence-electron chi connectivity index (χ1n) is 12.1. The van der Waals surface area contributed by atoms with Crippen LogP contribution in [0, 0.1) is 0 Å². The summed E-state index contributed by atoms with van der Waals surface area (Å²) in [7, 11) is 0. The first-order chi connectivity index (χ1) is 16.4. The maximum absolute atomic E-state index is 12.8. The summed E-state index contributed by atoms with van der Waals surface area (Å²) in [5, 5.41) is 12.0. The van der Waals surface area contributed by atoms with E-state index in [0.717, 1.165) is 24.2 Å². The lowest BCUT2D eigenvalue weighted by Crippen LogP contribution is -2.29. The van der Waals surface area contributed by atoms with E-state index >= 15 is 0 Å². The standard InChI is InChI=1S/C27H32N2O5/c1-2-3-4-5-6-7-8-9-10-14-24(30)28-20-12-11-13-21(18-20)29-25(31)22-16-15-19(27(33)34)17-23(22)26(29)32/h11-13,15-18H,2-10,14H2,1H3,(H,28,30)(H,33,34). The molecule has 3 amide bonds. The quantitative estimate of drug-likeness (QED) is 0.278. The van der Waals surface area contributed by atoms with Crippen molar-refractivity contribution in [1.29, 1.82) is 0 Å². The summed E-state index contributed by atoms with van der Waals surface area (Å²) in [5.74, 6) is -2.37. The van der Waals surface area contributed by atoms with Crippen LogP contribution in [-0.4, -0.2) is 28.8 Å². The summed E-state index contributed by atoms with van der Waals surface area (Å²) in [4.78, 5) is 50.2. The van der Waals surface area contributed by atoms with E-state index in [4.69, 9.17) is 5.11 Å². The van der Waals surface area contributed by atoms with Gasteiger partial charge in [0.25, 0.3) is 11.8 Å². The first-order valence-corrected chi connectivity index (χ1v) is 12.1. The molecule has 2 aromatic rings. The molecule has 0 aliphatic carbocycles. The molecule has 0 fully saturated rings. The van der Waals surface area contributed by atoms with Crippen LogP contribution < -0.4 is 10.2 Å². The fourth-order valence-corrected chi connectivity index (χ4v) is 4.15. The largest absolute Gasteiger partial charge is 0.478 e. The Labute approximate surface area is 200 Å². The molecule has 7 heteroatoms. The molecule has 0 bridgehead atoms. The van der Waals surface area contributed by atoms with Crippen molar-refractivity contribution in [3.05, 3.63) is 59.2 Å². The summed E-state index contributed by atoms with van der Waals surface area (Å²) in [6.45, 7) is 2.21. The van der Waals surface area contributed by atoms with Gasteiger partial charge >= 0.3 is 5.97 Å². The van der Waals surface area contributed by atoms with E-state index in [9.17, 15) is 19.2 Å². The first kappa shape index (κ1) is 25.1. The number of anilines is 2. The summed E-state index contributed by atoms with van der Waals surface area (Å²) >= 11 is 0. The topological polar surface area (TPSA) is 104 Å². The number of amides is 3. The van der Waals surface area contributed by atoms with E-state index in [0.29, 0.717) is 17.8 Å². The van der Waals surface area contributed by atoms with E-state index in [1.807, 2.05) is 0 Å². The molecular weight excluding hydrogens is 432 g/mol. The number of carbonyl (C=O) groups is 4. The van der Waals surface area contributed by atoms with Gasteiger partial charge in [0.2, 0.25) is 5.91 Å². The zero-order valence-electron chi connectivity index (χ0n) is 19.6. The summed E-state index contributed by atoms with van der Waals surface area (Å²) in [5.41, 5.74) is 0.990. The number of fused-ring (bicyclic) bond motifs is 1. The zero-order chi connectivity index (χ0) is 24.5. The molecule has 0 unspecified atom stereocenters. The molecule has 0 aromatic heterocycles. The third-order valence-corrected chi connectivity index (χ3v) is 6.03. The highest BCUT2D eigenvalue weighted by Crippen LogP contribution is 2.30. The zero-order valence-corrected chi connectivity index (χ0v) is 19.6. The minimum Gasteiger partial charge on any atom is -0.478 e. The number of imide groups is 1. The SMILES string of the molecule is CCCCCCCCCCCC(=O)Nc1cccc(N2C(=O)c3ccc(C(=O)O)cc3C2=O)c1. The van der Waals surface area contributed by atoms with Gasteiger partial charge in [0, 0.05) is 12.1 Å². The van der Waals surface area contributed by atoms with Crippen LogP contribution in [0.5, 0.6) is 0 Å². The van der Waals surface area contributed by atoms with Gasteiger partial charge in [0.05, 0.1) is 22.4 Å². The lowest BCUT2D eigenvalue weighted by Gasteiger charge is -2.15. The van der Waals surface area contributed by atoms with Gasteiger partial charge in [-0.1, -0.05) is 64.4 Å². The summed E-state index contributed by atoms with van der Waals surface area (Å²) in [6, 6.07) is 10.4. The number of carboxylic acids is 1. The van der Waals surface area contributed by atoms with E-state index in [2.05, 4.69) is 12.2 Å². The maximum Gasteiger partial charge on any atom is 0.335 e. The number of rotatable bonds is 13. The van der Waals surface area contributed by atoms with E-state index < -0.39 is 17.8 Å². The second kappa shape index (κ2) is 12.1. The van der Waals surface area contributed by atoms with E-state index in [1.54, 1.807) is 24.3 Å². The second-order valence-electron chi connectivity index (χ2n) is 8.69. The Kier molecular flexibility index (Phi) is 8.96. The summed E-state index contributed by atoms with van der Waals surface area (Å²) in [6.07, 6.45) is 11.0. The molecule has 180 valence electrons. The maximum atomic E-state index is 12.8. The molecular formula is C27H32N2O5. The van der Waals surface area contributed by atoms with E-state index in [1.165, 1.54) is 56.7 Å². The molecule has 0 atom stereocenters. The van der Waals surface area contributed by atoms with Crippen LogP contribution in [-0.2, 0) is 4.79 Å². The van der Waals surface area contributed by atoms with Crippen molar-refractivity contribution in [3.63, 3.8) is 0 Å². The predicted molar refractivity (Wildman–Crippen MR) is 131 cm³/mol. The Bertz CT molecular complexity index is 1060. The highest BCUT2D eigenvalue weighted by molar-refractivity contribution is 6.34. The monoisotopic (exact) mass is 464 g/mol. The number of unbranched alkanes of at least 4 members (excludes halogenated alkanes) is 8. The van der Waals surface area contributed by atoms with Gasteiger partial charge in [-0.05, 0) is 42.8 Å². The van der Waals surface area contributed by atoms with Crippen molar-refractivity contribution >= 4 is 35.1 Å². The van der Waals surface area contributed by atoms with Gasteiger partial charge in [0.1, 0.15) is 0 Å². The molecule has 1 aliphatic heterocycles. The smallest absolute Gasteiger partial charge is 0.335 e. The van der Waals surface area contributed by atoms with Crippen molar-refractivity contribution in [1.82, 2.24) is 0 Å². The number of hydrogen-bond acceptors (Lipinski definition) is 4. The number of aromatic carboxylic acids is 1. The highest BCUT2D eigenvalue weighted by Gasteiger charge is 2.37. The average Bonchev–Trinajstić information content (AvgIpc) is 3.07. The third-order valence-electron chi connectivity index (χ3n) is 6.03. The van der Waals surface area contributed by atoms with Crippen molar-refractivity contribution in [3.8, 4) is 0 Å². The van der Waals surface area contributed by atoms with Crippen LogP contribution in [0.2, 0.25) is 0 Å². The Morgan fingerprint density at radius 2 is 1.47 bits per heavy atom. The van der Waals surface area contributed by atoms with Gasteiger partial charge in [-0.2, -0.15) is 0 Å². The number of carboxylic acid groups (broad SMARTS) is 1. The van der Waals surface area contributed by atoms with Gasteiger partial charge in [-0.3, -0.25) is 14.4 Å². The van der Waals surface area contributed by atoms with Crippen molar-refractivity contribution in [2.45, 2.75) is 71.1 Å². The Balaban J connectivity index is 1.52. The number of hydrogen-bond donors (Lipinski definition) is 2. The number of nitrogens with one attached hydrogen (secondary N) is 1. The van der Waals surface area contributed by atoms with Crippen LogP contribution in [0.1, 0.15) is 102 Å². The van der Waals surface area contributed by atoms with Crippen LogP contribution in [0.25, 0.3) is 0 Å². The number of carbonyl (C=O) groups excluding carboxylic acids is 3. The molecule has 3 rings (SSSR count). The predicted octanol–water partition coefficient (Wildman–Crippen LogP) is 6.04. The van der Waals surface area contributed by atoms with Gasteiger partial charge in [-0.15, -0.1) is 0 Å². The van der Waals surface area contributed by atoms with Crippen LogP contribution in [0.15, 0.2) is 42.5 Å². The Morgan fingerprint density at radius 1 is 0.824 bits per heavy atom. The molecule has 0 saturated carbocycles. The molecule has 0 saturated heterocycles. The Morgan fingerprint density at radius 3 is 2.15 bits per heavy atom. The van der Waals surface area contributed by atoms with Crippen molar-refractivity contribution in [2.75, 3.05) is 10.2 Å². The number of benzene rings is 2. The minimum atomic E-state index is -1.17. The van der Waals surface area contributed by atoms with Gasteiger partial charge < -0.3 is 10.4 Å². The normalized spacial score (nSPS) is 12.7. The fraction of sp³-hybridized carbons (Fsp3) is 0.407. The number of nitrogens with zero attached hydrogens (tertiary/aromatic N) is 1. The molecule has 7 nitrogen and oxygen atoms in total. The fourth-order valence-electron chi connectivity index (χ4n) is 4.15.